The van der Waals surface area contributed by atoms with Gasteiger partial charge in [-0.25, -0.2) is 0 Å². The fourth-order valence-electron chi connectivity index (χ4n) is 1.29. The van der Waals surface area contributed by atoms with E-state index in [4.69, 9.17) is 4.74 Å². The van der Waals surface area contributed by atoms with E-state index in [9.17, 15) is 15.3 Å². The van der Waals surface area contributed by atoms with Crippen molar-refractivity contribution in [2.45, 2.75) is 37.4 Å². The molecular weight excluding hydrogens is 180 g/mol. The summed E-state index contributed by atoms with van der Waals surface area (Å²) < 4.78 is 5.19. The molecule has 0 saturated carbocycles. The zero-order valence-corrected chi connectivity index (χ0v) is 7.69. The van der Waals surface area contributed by atoms with Crippen molar-refractivity contribution in [3.05, 3.63) is 0 Å². The molecule has 72 valence electrons. The van der Waals surface area contributed by atoms with Crippen LogP contribution in [0.4, 0.5) is 0 Å². The van der Waals surface area contributed by atoms with E-state index < -0.39 is 30.5 Å². The summed E-state index contributed by atoms with van der Waals surface area (Å²) in [7, 11) is 0. The zero-order chi connectivity index (χ0) is 9.30. The standard InChI is InChI=1S/C7H14O4S/c1-3-5(8)7(10)6(9)4(2-12)11-3/h3-10,12H,2H2,1H3. The Kier molecular flexibility index (Phi) is 3.37. The SMILES string of the molecule is CC1OC(CS)C(O)C(O)C1O. The quantitative estimate of drug-likeness (QED) is 0.395. The molecule has 1 heterocycles. The van der Waals surface area contributed by atoms with Crippen LogP contribution in [0.3, 0.4) is 0 Å². The Morgan fingerprint density at radius 1 is 1.17 bits per heavy atom. The third-order valence-corrected chi connectivity index (χ3v) is 2.49. The Bertz CT molecular complexity index is 150. The van der Waals surface area contributed by atoms with Gasteiger partial charge in [0.05, 0.1) is 12.2 Å². The lowest BCUT2D eigenvalue weighted by Crippen LogP contribution is -2.57. The van der Waals surface area contributed by atoms with Crippen molar-refractivity contribution in [2.24, 2.45) is 0 Å². The molecule has 0 aromatic heterocycles. The van der Waals surface area contributed by atoms with Crippen LogP contribution in [0.5, 0.6) is 0 Å². The average molecular weight is 194 g/mol. The van der Waals surface area contributed by atoms with Crippen LogP contribution in [0, 0.1) is 0 Å². The summed E-state index contributed by atoms with van der Waals surface area (Å²) in [6.45, 7) is 1.65. The fourth-order valence-corrected chi connectivity index (χ4v) is 1.59. The largest absolute Gasteiger partial charge is 0.388 e. The molecule has 0 aromatic rings. The molecule has 1 aliphatic rings. The first-order valence-electron chi connectivity index (χ1n) is 3.88. The van der Waals surface area contributed by atoms with Gasteiger partial charge in [0.25, 0.3) is 0 Å². The van der Waals surface area contributed by atoms with E-state index in [0.29, 0.717) is 5.75 Å². The minimum Gasteiger partial charge on any atom is -0.388 e. The van der Waals surface area contributed by atoms with Crippen LogP contribution >= 0.6 is 12.6 Å². The van der Waals surface area contributed by atoms with Gasteiger partial charge in [-0.15, -0.1) is 0 Å². The van der Waals surface area contributed by atoms with Crippen molar-refractivity contribution in [1.82, 2.24) is 0 Å². The van der Waals surface area contributed by atoms with Gasteiger partial charge in [0.2, 0.25) is 0 Å². The molecular formula is C7H14O4S. The number of rotatable bonds is 1. The number of aliphatic hydroxyl groups excluding tert-OH is 3. The van der Waals surface area contributed by atoms with Gasteiger partial charge in [0.15, 0.2) is 0 Å². The maximum atomic E-state index is 9.34. The first-order valence-corrected chi connectivity index (χ1v) is 4.51. The summed E-state index contributed by atoms with van der Waals surface area (Å²) in [5, 5.41) is 27.9. The van der Waals surface area contributed by atoms with Gasteiger partial charge in [0.1, 0.15) is 18.3 Å². The topological polar surface area (TPSA) is 69.9 Å². The summed E-state index contributed by atoms with van der Waals surface area (Å²) >= 11 is 3.96. The molecule has 0 radical (unpaired) electrons. The minimum absolute atomic E-state index is 0.329. The van der Waals surface area contributed by atoms with Crippen LogP contribution in [0.2, 0.25) is 0 Å². The molecule has 12 heavy (non-hydrogen) atoms. The van der Waals surface area contributed by atoms with Gasteiger partial charge in [0, 0.05) is 5.75 Å². The van der Waals surface area contributed by atoms with Crippen LogP contribution in [0.1, 0.15) is 6.92 Å². The van der Waals surface area contributed by atoms with Gasteiger partial charge in [-0.2, -0.15) is 12.6 Å². The first kappa shape index (κ1) is 10.3. The Morgan fingerprint density at radius 3 is 2.25 bits per heavy atom. The van der Waals surface area contributed by atoms with Crippen molar-refractivity contribution in [3.8, 4) is 0 Å². The second-order valence-electron chi connectivity index (χ2n) is 3.03. The van der Waals surface area contributed by atoms with E-state index in [2.05, 4.69) is 12.6 Å². The highest BCUT2D eigenvalue weighted by Gasteiger charge is 2.40. The molecule has 0 aromatic carbocycles. The Labute approximate surface area is 76.6 Å². The van der Waals surface area contributed by atoms with E-state index in [1.807, 2.05) is 0 Å². The van der Waals surface area contributed by atoms with E-state index in [1.165, 1.54) is 0 Å². The third-order valence-electron chi connectivity index (χ3n) is 2.13. The number of ether oxygens (including phenoxy) is 1. The van der Waals surface area contributed by atoms with Crippen LogP contribution in [0.15, 0.2) is 0 Å². The fraction of sp³-hybridized carbons (Fsp3) is 1.00. The predicted molar refractivity (Wildman–Crippen MR) is 46.2 cm³/mol. The van der Waals surface area contributed by atoms with Gasteiger partial charge >= 0.3 is 0 Å². The zero-order valence-electron chi connectivity index (χ0n) is 6.79. The van der Waals surface area contributed by atoms with E-state index >= 15 is 0 Å². The molecule has 3 N–H and O–H groups in total. The molecule has 1 fully saturated rings. The summed E-state index contributed by atoms with van der Waals surface area (Å²) in [6.07, 6.45) is -4.15. The second kappa shape index (κ2) is 3.93. The van der Waals surface area contributed by atoms with Crippen molar-refractivity contribution in [2.75, 3.05) is 5.75 Å². The smallest absolute Gasteiger partial charge is 0.111 e. The van der Waals surface area contributed by atoms with Crippen molar-refractivity contribution >= 4 is 12.6 Å². The van der Waals surface area contributed by atoms with Crippen molar-refractivity contribution in [1.29, 1.82) is 0 Å². The molecule has 5 atom stereocenters. The summed E-state index contributed by atoms with van der Waals surface area (Å²) in [5.41, 5.74) is 0. The van der Waals surface area contributed by atoms with Crippen LogP contribution in [0.25, 0.3) is 0 Å². The minimum atomic E-state index is -1.13. The second-order valence-corrected chi connectivity index (χ2v) is 3.40. The third kappa shape index (κ3) is 1.75. The average Bonchev–Trinajstić information content (AvgIpc) is 2.08. The summed E-state index contributed by atoms with van der Waals surface area (Å²) in [5.74, 6) is 0.329. The van der Waals surface area contributed by atoms with Crippen molar-refractivity contribution < 1.29 is 20.1 Å². The number of hydrogen-bond donors (Lipinski definition) is 4. The van der Waals surface area contributed by atoms with Crippen LogP contribution in [-0.2, 0) is 4.74 Å². The van der Waals surface area contributed by atoms with Crippen molar-refractivity contribution in [3.63, 3.8) is 0 Å². The Hall–Kier alpha value is 0.190. The maximum Gasteiger partial charge on any atom is 0.111 e. The molecule has 4 nitrogen and oxygen atoms in total. The normalized spacial score (nSPS) is 49.2. The molecule has 5 unspecified atom stereocenters. The van der Waals surface area contributed by atoms with Gasteiger partial charge < -0.3 is 20.1 Å². The number of hydrogen-bond acceptors (Lipinski definition) is 5. The number of thiol groups is 1. The van der Waals surface area contributed by atoms with E-state index in [-0.39, 0.29) is 0 Å². The highest BCUT2D eigenvalue weighted by molar-refractivity contribution is 7.80. The lowest BCUT2D eigenvalue weighted by Gasteiger charge is -2.38. The highest BCUT2D eigenvalue weighted by Crippen LogP contribution is 2.21. The molecule has 0 spiro atoms. The lowest BCUT2D eigenvalue weighted by molar-refractivity contribution is -0.210. The lowest BCUT2D eigenvalue weighted by atomic mass is 9.97. The molecule has 1 aliphatic heterocycles. The van der Waals surface area contributed by atoms with Gasteiger partial charge in [-0.05, 0) is 6.92 Å². The highest BCUT2D eigenvalue weighted by atomic mass is 32.1. The molecule has 5 heteroatoms. The molecule has 0 amide bonds. The molecule has 0 bridgehead atoms. The van der Waals surface area contributed by atoms with Gasteiger partial charge in [-0.1, -0.05) is 0 Å². The van der Waals surface area contributed by atoms with E-state index in [0.717, 1.165) is 0 Å². The van der Waals surface area contributed by atoms with Crippen LogP contribution in [-0.4, -0.2) is 51.6 Å². The molecule has 1 rings (SSSR count). The maximum absolute atomic E-state index is 9.34. The first-order chi connectivity index (χ1) is 5.57. The molecule has 1 saturated heterocycles. The van der Waals surface area contributed by atoms with E-state index in [1.54, 1.807) is 6.92 Å². The summed E-state index contributed by atoms with van der Waals surface area (Å²) in [4.78, 5) is 0. The molecule has 0 aliphatic carbocycles. The Morgan fingerprint density at radius 2 is 1.75 bits per heavy atom. The predicted octanol–water partition coefficient (Wildman–Crippen LogP) is -1.21. The number of aliphatic hydroxyl groups is 3. The Balaban J connectivity index is 2.63. The summed E-state index contributed by atoms with van der Waals surface area (Å²) in [6, 6.07) is 0. The van der Waals surface area contributed by atoms with Crippen LogP contribution < -0.4 is 0 Å². The van der Waals surface area contributed by atoms with Gasteiger partial charge in [-0.3, -0.25) is 0 Å². The monoisotopic (exact) mass is 194 g/mol.